The number of nitrogens with one attached hydrogen (secondary N) is 1. The van der Waals surface area contributed by atoms with Gasteiger partial charge in [0, 0.05) is 23.1 Å². The van der Waals surface area contributed by atoms with Crippen LogP contribution in [0.1, 0.15) is 25.3 Å². The second-order valence-corrected chi connectivity index (χ2v) is 6.21. The van der Waals surface area contributed by atoms with Crippen LogP contribution in [0.25, 0.3) is 0 Å². The van der Waals surface area contributed by atoms with Crippen molar-refractivity contribution in [1.82, 2.24) is 10.2 Å². The summed E-state index contributed by atoms with van der Waals surface area (Å²) in [6, 6.07) is 8.46. The molecule has 17 heavy (non-hydrogen) atoms. The third kappa shape index (κ3) is 3.54. The minimum atomic E-state index is 0.302. The first-order valence-corrected chi connectivity index (χ1v) is 7.05. The Morgan fingerprint density at radius 1 is 1.41 bits per heavy atom. The van der Waals surface area contributed by atoms with E-state index in [2.05, 4.69) is 64.4 Å². The molecule has 1 heterocycles. The quantitative estimate of drug-likeness (QED) is 0.919. The van der Waals surface area contributed by atoms with E-state index >= 15 is 0 Å². The van der Waals surface area contributed by atoms with E-state index < -0.39 is 0 Å². The molecule has 3 heteroatoms. The Morgan fingerprint density at radius 3 is 2.82 bits per heavy atom. The van der Waals surface area contributed by atoms with Crippen molar-refractivity contribution in [2.24, 2.45) is 0 Å². The van der Waals surface area contributed by atoms with Crippen LogP contribution < -0.4 is 5.32 Å². The van der Waals surface area contributed by atoms with Gasteiger partial charge in [-0.05, 0) is 45.0 Å². The van der Waals surface area contributed by atoms with E-state index in [4.69, 9.17) is 0 Å². The van der Waals surface area contributed by atoms with Gasteiger partial charge in [-0.25, -0.2) is 0 Å². The van der Waals surface area contributed by atoms with Gasteiger partial charge in [-0.1, -0.05) is 34.1 Å². The van der Waals surface area contributed by atoms with Gasteiger partial charge in [-0.2, -0.15) is 0 Å². The molecule has 2 nitrogen and oxygen atoms in total. The number of likely N-dealkylation sites (N-methyl/N-ethyl adjacent to an activating group) is 1. The lowest BCUT2D eigenvalue weighted by molar-refractivity contribution is 0.233. The monoisotopic (exact) mass is 296 g/mol. The van der Waals surface area contributed by atoms with Crippen LogP contribution in [0, 0.1) is 0 Å². The molecule has 0 aromatic heterocycles. The lowest BCUT2D eigenvalue weighted by atomic mass is 9.99. The second kappa shape index (κ2) is 5.51. The molecule has 2 rings (SSSR count). The van der Waals surface area contributed by atoms with Gasteiger partial charge < -0.3 is 10.2 Å². The van der Waals surface area contributed by atoms with Crippen molar-refractivity contribution < 1.29 is 0 Å². The van der Waals surface area contributed by atoms with Crippen LogP contribution in [0.4, 0.5) is 0 Å². The van der Waals surface area contributed by atoms with Crippen LogP contribution in [0.5, 0.6) is 0 Å². The minimum absolute atomic E-state index is 0.302. The zero-order valence-corrected chi connectivity index (χ0v) is 12.3. The van der Waals surface area contributed by atoms with Gasteiger partial charge in [0.2, 0.25) is 0 Å². The third-order valence-corrected chi connectivity index (χ3v) is 4.25. The number of hydrogen-bond donors (Lipinski definition) is 1. The first-order chi connectivity index (χ1) is 8.09. The average Bonchev–Trinajstić information content (AvgIpc) is 2.68. The predicted octanol–water partition coefficient (Wildman–Crippen LogP) is 3.02. The maximum absolute atomic E-state index is 3.61. The molecule has 94 valence electrons. The van der Waals surface area contributed by atoms with Crippen LogP contribution >= 0.6 is 15.9 Å². The number of nitrogens with zero attached hydrogens (tertiary/aromatic N) is 1. The van der Waals surface area contributed by atoms with Gasteiger partial charge in [0.1, 0.15) is 0 Å². The topological polar surface area (TPSA) is 15.3 Å². The van der Waals surface area contributed by atoms with E-state index in [0.29, 0.717) is 5.54 Å². The first-order valence-electron chi connectivity index (χ1n) is 6.26. The number of rotatable bonds is 4. The summed E-state index contributed by atoms with van der Waals surface area (Å²) < 4.78 is 1.20. The molecule has 1 aliphatic rings. The summed E-state index contributed by atoms with van der Waals surface area (Å²) in [6.07, 6.45) is 2.59. The van der Waals surface area contributed by atoms with Crippen molar-refractivity contribution in [2.45, 2.75) is 31.8 Å². The van der Waals surface area contributed by atoms with Crippen molar-refractivity contribution >= 4 is 15.9 Å². The average molecular weight is 297 g/mol. The molecular formula is C14H21BrN2. The van der Waals surface area contributed by atoms with Crippen LogP contribution in [0.2, 0.25) is 0 Å². The van der Waals surface area contributed by atoms with Gasteiger partial charge in [0.05, 0.1) is 0 Å². The van der Waals surface area contributed by atoms with Gasteiger partial charge in [0.25, 0.3) is 0 Å². The maximum atomic E-state index is 3.61. The molecular weight excluding hydrogens is 276 g/mol. The fourth-order valence-corrected chi connectivity index (χ4v) is 3.07. The van der Waals surface area contributed by atoms with E-state index in [1.807, 2.05) is 0 Å². The molecule has 0 spiro atoms. The zero-order chi connectivity index (χ0) is 12.3. The molecule has 1 atom stereocenters. The standard InChI is InChI=1S/C14H21BrN2/c1-14(8-5-9-16-14)11-17(2)10-12-6-3-4-7-13(12)15/h3-4,6-7,16H,5,8-11H2,1-2H3. The SMILES string of the molecule is CN(Cc1ccccc1Br)CC1(C)CCCN1. The summed E-state index contributed by atoms with van der Waals surface area (Å²) in [6.45, 7) is 5.60. The van der Waals surface area contributed by atoms with Gasteiger partial charge >= 0.3 is 0 Å². The van der Waals surface area contributed by atoms with E-state index in [1.165, 1.54) is 29.4 Å². The highest BCUT2D eigenvalue weighted by molar-refractivity contribution is 9.10. The van der Waals surface area contributed by atoms with Crippen LogP contribution in [-0.4, -0.2) is 30.6 Å². The predicted molar refractivity (Wildman–Crippen MR) is 76.1 cm³/mol. The molecule has 0 aliphatic carbocycles. The largest absolute Gasteiger partial charge is 0.310 e. The lowest BCUT2D eigenvalue weighted by Crippen LogP contribution is -2.46. The van der Waals surface area contributed by atoms with Gasteiger partial charge in [0.15, 0.2) is 0 Å². The minimum Gasteiger partial charge on any atom is -0.310 e. The number of hydrogen-bond acceptors (Lipinski definition) is 2. The molecule has 1 unspecified atom stereocenters. The maximum Gasteiger partial charge on any atom is 0.0280 e. The highest BCUT2D eigenvalue weighted by atomic mass is 79.9. The van der Waals surface area contributed by atoms with Crippen molar-refractivity contribution in [3.8, 4) is 0 Å². The van der Waals surface area contributed by atoms with E-state index in [9.17, 15) is 0 Å². The molecule has 1 saturated heterocycles. The summed E-state index contributed by atoms with van der Waals surface area (Å²) in [7, 11) is 2.20. The highest BCUT2D eigenvalue weighted by Gasteiger charge is 2.29. The van der Waals surface area contributed by atoms with E-state index in [0.717, 1.165) is 13.1 Å². The van der Waals surface area contributed by atoms with Crippen molar-refractivity contribution in [3.63, 3.8) is 0 Å². The Bertz CT molecular complexity index is 372. The fourth-order valence-electron chi connectivity index (χ4n) is 2.66. The molecule has 0 amide bonds. The Kier molecular flexibility index (Phi) is 4.23. The summed E-state index contributed by atoms with van der Waals surface area (Å²) in [4.78, 5) is 2.40. The summed E-state index contributed by atoms with van der Waals surface area (Å²) >= 11 is 3.61. The molecule has 1 aromatic rings. The number of benzene rings is 1. The Hall–Kier alpha value is -0.380. The van der Waals surface area contributed by atoms with Crippen LogP contribution in [-0.2, 0) is 6.54 Å². The number of halogens is 1. The Balaban J connectivity index is 1.93. The second-order valence-electron chi connectivity index (χ2n) is 5.35. The molecule has 1 aromatic carbocycles. The third-order valence-electron chi connectivity index (χ3n) is 3.47. The molecule has 0 bridgehead atoms. The normalized spacial score (nSPS) is 24.5. The van der Waals surface area contributed by atoms with Gasteiger partial charge in [-0.3, -0.25) is 0 Å². The van der Waals surface area contributed by atoms with Crippen molar-refractivity contribution in [1.29, 1.82) is 0 Å². The lowest BCUT2D eigenvalue weighted by Gasteiger charge is -2.30. The zero-order valence-electron chi connectivity index (χ0n) is 10.7. The molecule has 1 N–H and O–H groups in total. The molecule has 1 aliphatic heterocycles. The van der Waals surface area contributed by atoms with E-state index in [-0.39, 0.29) is 0 Å². The van der Waals surface area contributed by atoms with Crippen molar-refractivity contribution in [2.75, 3.05) is 20.1 Å². The van der Waals surface area contributed by atoms with Gasteiger partial charge in [-0.15, -0.1) is 0 Å². The fraction of sp³-hybridized carbons (Fsp3) is 0.571. The Labute approximate surface area is 113 Å². The summed E-state index contributed by atoms with van der Waals surface area (Å²) in [5, 5.41) is 3.61. The Morgan fingerprint density at radius 2 is 2.18 bits per heavy atom. The summed E-state index contributed by atoms with van der Waals surface area (Å²) in [5.74, 6) is 0. The van der Waals surface area contributed by atoms with Crippen LogP contribution in [0.3, 0.4) is 0 Å². The first kappa shape index (κ1) is 13.1. The summed E-state index contributed by atoms with van der Waals surface area (Å²) in [5.41, 5.74) is 1.66. The van der Waals surface area contributed by atoms with Crippen molar-refractivity contribution in [3.05, 3.63) is 34.3 Å². The van der Waals surface area contributed by atoms with E-state index in [1.54, 1.807) is 0 Å². The smallest absolute Gasteiger partial charge is 0.0280 e. The molecule has 0 radical (unpaired) electrons. The molecule has 1 fully saturated rings. The van der Waals surface area contributed by atoms with Crippen LogP contribution in [0.15, 0.2) is 28.7 Å². The molecule has 0 saturated carbocycles. The highest BCUT2D eigenvalue weighted by Crippen LogP contribution is 2.22.